The number of hydrogen-bond donors (Lipinski definition) is 1. The van der Waals surface area contributed by atoms with E-state index < -0.39 is 0 Å². The van der Waals surface area contributed by atoms with Gasteiger partial charge in [-0.3, -0.25) is 4.79 Å². The molecule has 0 bridgehead atoms. The maximum Gasteiger partial charge on any atom is 0.255 e. The molecule has 2 aromatic carbocycles. The summed E-state index contributed by atoms with van der Waals surface area (Å²) in [4.78, 5) is 17.0. The van der Waals surface area contributed by atoms with Crippen LogP contribution in [0.25, 0.3) is 11.3 Å². The quantitative estimate of drug-likeness (QED) is 0.775. The van der Waals surface area contributed by atoms with Crippen LogP contribution in [0.2, 0.25) is 0 Å². The molecule has 0 fully saturated rings. The molecule has 0 spiro atoms. The van der Waals surface area contributed by atoms with Gasteiger partial charge in [-0.1, -0.05) is 24.3 Å². The first-order valence-corrected chi connectivity index (χ1v) is 8.02. The molecule has 1 N–H and O–H groups in total. The van der Waals surface area contributed by atoms with Gasteiger partial charge in [0.05, 0.1) is 23.5 Å². The second-order valence-corrected chi connectivity index (χ2v) is 6.05. The van der Waals surface area contributed by atoms with Gasteiger partial charge in [0.2, 0.25) is 0 Å². The normalized spacial score (nSPS) is 10.3. The molecule has 0 atom stereocenters. The number of ether oxygens (including phenoxy) is 1. The monoisotopic (exact) mass is 324 g/mol. The Morgan fingerprint density at radius 3 is 2.74 bits per heavy atom. The molecule has 3 aromatic rings. The van der Waals surface area contributed by atoms with Gasteiger partial charge in [0, 0.05) is 16.5 Å². The molecule has 1 amide bonds. The predicted molar refractivity (Wildman–Crippen MR) is 93.2 cm³/mol. The smallest absolute Gasteiger partial charge is 0.255 e. The van der Waals surface area contributed by atoms with Gasteiger partial charge in [0.1, 0.15) is 5.75 Å². The summed E-state index contributed by atoms with van der Waals surface area (Å²) in [7, 11) is 1.58. The predicted octanol–water partition coefficient (Wildman–Crippen LogP) is 4.38. The Hall–Kier alpha value is -2.66. The Morgan fingerprint density at radius 1 is 1.17 bits per heavy atom. The fraction of sp³-hybridized carbons (Fsp3) is 0.111. The van der Waals surface area contributed by atoms with Crippen molar-refractivity contribution in [2.45, 2.75) is 6.92 Å². The Labute approximate surface area is 138 Å². The van der Waals surface area contributed by atoms with Crippen molar-refractivity contribution in [3.05, 3.63) is 64.5 Å². The Kier molecular flexibility index (Phi) is 4.39. The molecule has 0 saturated carbocycles. The summed E-state index contributed by atoms with van der Waals surface area (Å²) in [6.07, 6.45) is 0. The summed E-state index contributed by atoms with van der Waals surface area (Å²) in [5, 5.41) is 5.94. The number of carbonyl (C=O) groups is 1. The number of thiazole rings is 1. The molecule has 1 aromatic heterocycles. The molecule has 23 heavy (non-hydrogen) atoms. The number of aryl methyl sites for hydroxylation is 1. The average molecular weight is 324 g/mol. The van der Waals surface area contributed by atoms with Crippen LogP contribution in [0.4, 0.5) is 5.69 Å². The Morgan fingerprint density at radius 2 is 2.00 bits per heavy atom. The summed E-state index contributed by atoms with van der Waals surface area (Å²) in [6.45, 7) is 1.96. The molecule has 5 heteroatoms. The number of benzene rings is 2. The van der Waals surface area contributed by atoms with Gasteiger partial charge in [-0.2, -0.15) is 0 Å². The van der Waals surface area contributed by atoms with Crippen molar-refractivity contribution in [3.8, 4) is 17.0 Å². The van der Waals surface area contributed by atoms with Crippen LogP contribution in [0.5, 0.6) is 5.75 Å². The lowest BCUT2D eigenvalue weighted by Crippen LogP contribution is -2.12. The van der Waals surface area contributed by atoms with Gasteiger partial charge in [0.15, 0.2) is 0 Å². The Bertz CT molecular complexity index is 842. The number of anilines is 1. The fourth-order valence-corrected chi connectivity index (χ4v) is 2.87. The van der Waals surface area contributed by atoms with E-state index in [9.17, 15) is 4.79 Å². The Balaban J connectivity index is 1.89. The summed E-state index contributed by atoms with van der Waals surface area (Å²) in [6, 6.07) is 14.7. The number of para-hydroxylation sites is 1. The van der Waals surface area contributed by atoms with Crippen molar-refractivity contribution in [3.63, 3.8) is 0 Å². The molecule has 0 unspecified atom stereocenters. The van der Waals surface area contributed by atoms with E-state index in [-0.39, 0.29) is 5.91 Å². The molecule has 0 radical (unpaired) electrons. The van der Waals surface area contributed by atoms with Crippen molar-refractivity contribution >= 4 is 22.9 Å². The minimum Gasteiger partial charge on any atom is -0.497 e. The third kappa shape index (κ3) is 3.40. The molecular weight excluding hydrogens is 308 g/mol. The van der Waals surface area contributed by atoms with E-state index in [1.54, 1.807) is 36.6 Å². The number of nitrogens with zero attached hydrogens (tertiary/aromatic N) is 1. The lowest BCUT2D eigenvalue weighted by molar-refractivity contribution is 0.102. The minimum atomic E-state index is -0.177. The maximum absolute atomic E-state index is 12.5. The van der Waals surface area contributed by atoms with E-state index in [0.29, 0.717) is 11.3 Å². The highest BCUT2D eigenvalue weighted by Crippen LogP contribution is 2.29. The average Bonchev–Trinajstić information content (AvgIpc) is 3.01. The molecule has 116 valence electrons. The number of methoxy groups -OCH3 is 1. The van der Waals surface area contributed by atoms with E-state index in [4.69, 9.17) is 4.74 Å². The SMILES string of the molecule is COc1cccc(C(=O)Nc2ccccc2-c2csc(C)n2)c1. The van der Waals surface area contributed by atoms with Crippen molar-refractivity contribution in [2.75, 3.05) is 12.4 Å². The molecule has 4 nitrogen and oxygen atoms in total. The van der Waals surface area contributed by atoms with E-state index in [0.717, 1.165) is 22.0 Å². The molecule has 0 aliphatic rings. The first-order valence-electron chi connectivity index (χ1n) is 7.14. The molecular formula is C18H16N2O2S. The topological polar surface area (TPSA) is 51.2 Å². The van der Waals surface area contributed by atoms with Crippen molar-refractivity contribution in [1.29, 1.82) is 0 Å². The molecule has 0 aliphatic heterocycles. The van der Waals surface area contributed by atoms with Gasteiger partial charge in [-0.25, -0.2) is 4.98 Å². The van der Waals surface area contributed by atoms with Crippen LogP contribution < -0.4 is 10.1 Å². The minimum absolute atomic E-state index is 0.177. The van der Waals surface area contributed by atoms with Crippen molar-refractivity contribution < 1.29 is 9.53 Å². The summed E-state index contributed by atoms with van der Waals surface area (Å²) in [5.74, 6) is 0.476. The van der Waals surface area contributed by atoms with Crippen molar-refractivity contribution in [2.24, 2.45) is 0 Å². The van der Waals surface area contributed by atoms with E-state index >= 15 is 0 Å². The first kappa shape index (κ1) is 15.2. The van der Waals surface area contributed by atoms with Crippen LogP contribution in [0.15, 0.2) is 53.9 Å². The number of amides is 1. The van der Waals surface area contributed by atoms with Crippen molar-refractivity contribution in [1.82, 2.24) is 4.98 Å². The first-order chi connectivity index (χ1) is 11.2. The third-order valence-electron chi connectivity index (χ3n) is 3.40. The number of rotatable bonds is 4. The zero-order valence-electron chi connectivity index (χ0n) is 12.9. The fourth-order valence-electron chi connectivity index (χ4n) is 2.26. The lowest BCUT2D eigenvalue weighted by atomic mass is 10.1. The third-order valence-corrected chi connectivity index (χ3v) is 4.18. The van der Waals surface area contributed by atoms with E-state index in [2.05, 4.69) is 10.3 Å². The largest absolute Gasteiger partial charge is 0.497 e. The number of aromatic nitrogens is 1. The molecule has 0 saturated heterocycles. The highest BCUT2D eigenvalue weighted by atomic mass is 32.1. The van der Waals surface area contributed by atoms with Crippen LogP contribution in [0.3, 0.4) is 0 Å². The highest BCUT2D eigenvalue weighted by Gasteiger charge is 2.12. The maximum atomic E-state index is 12.5. The molecule has 0 aliphatic carbocycles. The zero-order chi connectivity index (χ0) is 16.2. The standard InChI is InChI=1S/C18H16N2O2S/c1-12-19-17(11-23-12)15-8-3-4-9-16(15)20-18(21)13-6-5-7-14(10-13)22-2/h3-11H,1-2H3,(H,20,21). The number of hydrogen-bond acceptors (Lipinski definition) is 4. The lowest BCUT2D eigenvalue weighted by Gasteiger charge is -2.10. The van der Waals surface area contributed by atoms with E-state index in [1.807, 2.05) is 42.6 Å². The second kappa shape index (κ2) is 6.62. The summed E-state index contributed by atoms with van der Waals surface area (Å²) < 4.78 is 5.16. The number of nitrogens with one attached hydrogen (secondary N) is 1. The van der Waals surface area contributed by atoms with Gasteiger partial charge >= 0.3 is 0 Å². The van der Waals surface area contributed by atoms with Gasteiger partial charge in [-0.05, 0) is 31.2 Å². The van der Waals surface area contributed by atoms with Crippen LogP contribution in [-0.2, 0) is 0 Å². The second-order valence-electron chi connectivity index (χ2n) is 4.98. The van der Waals surface area contributed by atoms with Gasteiger partial charge in [-0.15, -0.1) is 11.3 Å². The van der Waals surface area contributed by atoms with Crippen LogP contribution >= 0.6 is 11.3 Å². The van der Waals surface area contributed by atoms with Crippen LogP contribution in [0.1, 0.15) is 15.4 Å². The van der Waals surface area contributed by atoms with E-state index in [1.165, 1.54) is 0 Å². The number of carbonyl (C=O) groups excluding carboxylic acids is 1. The highest BCUT2D eigenvalue weighted by molar-refractivity contribution is 7.09. The molecule has 1 heterocycles. The summed E-state index contributed by atoms with van der Waals surface area (Å²) >= 11 is 1.59. The van der Waals surface area contributed by atoms with Crippen LogP contribution in [0, 0.1) is 6.92 Å². The van der Waals surface area contributed by atoms with Gasteiger partial charge < -0.3 is 10.1 Å². The van der Waals surface area contributed by atoms with Crippen LogP contribution in [-0.4, -0.2) is 18.0 Å². The zero-order valence-corrected chi connectivity index (χ0v) is 13.7. The molecule has 3 rings (SSSR count). The summed E-state index contributed by atoms with van der Waals surface area (Å²) in [5.41, 5.74) is 3.07. The van der Waals surface area contributed by atoms with Gasteiger partial charge in [0.25, 0.3) is 5.91 Å².